The topological polar surface area (TPSA) is 74.8 Å². The van der Waals surface area contributed by atoms with Gasteiger partial charge in [-0.3, -0.25) is 4.79 Å². The first-order valence-electron chi connectivity index (χ1n) is 7.58. The summed E-state index contributed by atoms with van der Waals surface area (Å²) in [7, 11) is 1.68. The molecule has 0 aliphatic carbocycles. The van der Waals surface area contributed by atoms with Gasteiger partial charge >= 0.3 is 0 Å². The van der Waals surface area contributed by atoms with E-state index < -0.39 is 0 Å². The third kappa shape index (κ3) is 10.9. The van der Waals surface area contributed by atoms with Crippen molar-refractivity contribution in [2.75, 3.05) is 33.4 Å². The number of nitrogens with zero attached hydrogens (tertiary/aromatic N) is 1. The van der Waals surface area contributed by atoms with Crippen LogP contribution in [0.15, 0.2) is 35.3 Å². The molecule has 0 unspecified atom stereocenters. The van der Waals surface area contributed by atoms with Gasteiger partial charge in [-0.1, -0.05) is 30.3 Å². The summed E-state index contributed by atoms with van der Waals surface area (Å²) in [5, 5.41) is 9.12. The SMILES string of the molecule is CCNC(=NCC(=O)NCc1ccccc1)NCCCOC.I. The van der Waals surface area contributed by atoms with E-state index in [4.69, 9.17) is 4.74 Å². The van der Waals surface area contributed by atoms with Gasteiger partial charge in [0.2, 0.25) is 5.91 Å². The fourth-order valence-electron chi connectivity index (χ4n) is 1.77. The van der Waals surface area contributed by atoms with Gasteiger partial charge in [-0.05, 0) is 18.9 Å². The van der Waals surface area contributed by atoms with E-state index in [1.165, 1.54) is 0 Å². The van der Waals surface area contributed by atoms with Crippen LogP contribution in [0, 0.1) is 0 Å². The van der Waals surface area contributed by atoms with Crippen molar-refractivity contribution >= 4 is 35.8 Å². The van der Waals surface area contributed by atoms with Gasteiger partial charge in [-0.2, -0.15) is 0 Å². The van der Waals surface area contributed by atoms with Gasteiger partial charge in [0, 0.05) is 33.4 Å². The van der Waals surface area contributed by atoms with E-state index in [1.807, 2.05) is 37.3 Å². The van der Waals surface area contributed by atoms with Crippen LogP contribution in [-0.4, -0.2) is 45.2 Å². The van der Waals surface area contributed by atoms with Crippen LogP contribution in [0.25, 0.3) is 0 Å². The summed E-state index contributed by atoms with van der Waals surface area (Å²) in [6.07, 6.45) is 0.890. The molecule has 0 aliphatic rings. The van der Waals surface area contributed by atoms with E-state index in [0.717, 1.165) is 25.1 Å². The van der Waals surface area contributed by atoms with Gasteiger partial charge in [0.1, 0.15) is 6.54 Å². The predicted octanol–water partition coefficient (Wildman–Crippen LogP) is 1.51. The average Bonchev–Trinajstić information content (AvgIpc) is 2.55. The number of carbonyl (C=O) groups excluding carboxylic acids is 1. The lowest BCUT2D eigenvalue weighted by molar-refractivity contribution is -0.119. The highest BCUT2D eigenvalue weighted by molar-refractivity contribution is 14.0. The maximum absolute atomic E-state index is 11.8. The van der Waals surface area contributed by atoms with Crippen molar-refractivity contribution in [3.05, 3.63) is 35.9 Å². The molecule has 1 rings (SSSR count). The van der Waals surface area contributed by atoms with Crippen LogP contribution in [0.3, 0.4) is 0 Å². The van der Waals surface area contributed by atoms with E-state index in [9.17, 15) is 4.79 Å². The van der Waals surface area contributed by atoms with Crippen molar-refractivity contribution < 1.29 is 9.53 Å². The number of amides is 1. The molecule has 23 heavy (non-hydrogen) atoms. The predicted molar refractivity (Wildman–Crippen MR) is 104 cm³/mol. The standard InChI is InChI=1S/C16H26N4O2.HI/c1-3-17-16(18-10-7-11-22-2)20-13-15(21)19-12-14-8-5-4-6-9-14;/h4-6,8-9H,3,7,10-13H2,1-2H3,(H,19,21)(H2,17,18,20);1H. The molecular weight excluding hydrogens is 407 g/mol. The molecule has 0 saturated carbocycles. The first kappa shape index (κ1) is 21.6. The van der Waals surface area contributed by atoms with E-state index in [0.29, 0.717) is 19.1 Å². The van der Waals surface area contributed by atoms with Gasteiger partial charge in [0.05, 0.1) is 0 Å². The van der Waals surface area contributed by atoms with Gasteiger partial charge in [0.15, 0.2) is 5.96 Å². The normalized spacial score (nSPS) is 10.6. The Kier molecular flexibility index (Phi) is 13.4. The second-order valence-electron chi connectivity index (χ2n) is 4.73. The van der Waals surface area contributed by atoms with Crippen molar-refractivity contribution in [2.45, 2.75) is 19.9 Å². The largest absolute Gasteiger partial charge is 0.385 e. The molecule has 1 amide bonds. The Hall–Kier alpha value is -1.35. The smallest absolute Gasteiger partial charge is 0.242 e. The van der Waals surface area contributed by atoms with Crippen molar-refractivity contribution in [1.82, 2.24) is 16.0 Å². The number of hydrogen-bond acceptors (Lipinski definition) is 3. The molecule has 0 heterocycles. The molecule has 3 N–H and O–H groups in total. The molecule has 1 aromatic carbocycles. The summed E-state index contributed by atoms with van der Waals surface area (Å²) in [6.45, 7) is 4.82. The van der Waals surface area contributed by atoms with E-state index in [1.54, 1.807) is 7.11 Å². The molecule has 0 atom stereocenters. The second kappa shape index (κ2) is 14.3. The average molecular weight is 434 g/mol. The van der Waals surface area contributed by atoms with Crippen LogP contribution in [0.5, 0.6) is 0 Å². The first-order chi connectivity index (χ1) is 10.8. The maximum atomic E-state index is 11.8. The summed E-state index contributed by atoms with van der Waals surface area (Å²) in [4.78, 5) is 16.1. The van der Waals surface area contributed by atoms with Crippen LogP contribution < -0.4 is 16.0 Å². The number of benzene rings is 1. The monoisotopic (exact) mass is 434 g/mol. The van der Waals surface area contributed by atoms with Crippen molar-refractivity contribution in [3.8, 4) is 0 Å². The fraction of sp³-hybridized carbons (Fsp3) is 0.500. The summed E-state index contributed by atoms with van der Waals surface area (Å²) >= 11 is 0. The minimum atomic E-state index is -0.0991. The number of hydrogen-bond donors (Lipinski definition) is 3. The minimum Gasteiger partial charge on any atom is -0.385 e. The maximum Gasteiger partial charge on any atom is 0.242 e. The number of carbonyl (C=O) groups is 1. The highest BCUT2D eigenvalue weighted by Gasteiger charge is 2.02. The Labute approximate surface area is 155 Å². The summed E-state index contributed by atoms with van der Waals surface area (Å²) < 4.78 is 4.99. The lowest BCUT2D eigenvalue weighted by atomic mass is 10.2. The summed E-state index contributed by atoms with van der Waals surface area (Å²) in [5.41, 5.74) is 1.07. The van der Waals surface area contributed by atoms with Crippen LogP contribution in [0.1, 0.15) is 18.9 Å². The number of guanidine groups is 1. The molecule has 6 nitrogen and oxygen atoms in total. The lowest BCUT2D eigenvalue weighted by Gasteiger charge is -2.11. The molecule has 0 spiro atoms. The molecule has 130 valence electrons. The number of rotatable bonds is 9. The Morgan fingerprint density at radius 2 is 1.91 bits per heavy atom. The molecule has 0 fully saturated rings. The third-order valence-corrected chi connectivity index (χ3v) is 2.88. The van der Waals surface area contributed by atoms with Crippen LogP contribution in [-0.2, 0) is 16.1 Å². The zero-order chi connectivity index (χ0) is 16.0. The zero-order valence-corrected chi connectivity index (χ0v) is 16.1. The Morgan fingerprint density at radius 3 is 2.57 bits per heavy atom. The third-order valence-electron chi connectivity index (χ3n) is 2.88. The van der Waals surface area contributed by atoms with Gasteiger partial charge in [-0.25, -0.2) is 4.99 Å². The van der Waals surface area contributed by atoms with Crippen molar-refractivity contribution in [2.24, 2.45) is 4.99 Å². The molecule has 7 heteroatoms. The fourth-order valence-corrected chi connectivity index (χ4v) is 1.77. The lowest BCUT2D eigenvalue weighted by Crippen LogP contribution is -2.39. The van der Waals surface area contributed by atoms with Gasteiger partial charge in [-0.15, -0.1) is 24.0 Å². The molecule has 0 radical (unpaired) electrons. The Morgan fingerprint density at radius 1 is 1.17 bits per heavy atom. The molecule has 0 bridgehead atoms. The van der Waals surface area contributed by atoms with E-state index in [2.05, 4.69) is 20.9 Å². The zero-order valence-electron chi connectivity index (χ0n) is 13.8. The highest BCUT2D eigenvalue weighted by atomic mass is 127. The van der Waals surface area contributed by atoms with E-state index >= 15 is 0 Å². The number of ether oxygens (including phenoxy) is 1. The number of nitrogens with one attached hydrogen (secondary N) is 3. The quantitative estimate of drug-likeness (QED) is 0.239. The van der Waals surface area contributed by atoms with Crippen molar-refractivity contribution in [1.29, 1.82) is 0 Å². The summed E-state index contributed by atoms with van der Waals surface area (Å²) in [5.74, 6) is 0.548. The first-order valence-corrected chi connectivity index (χ1v) is 7.58. The van der Waals surface area contributed by atoms with Gasteiger partial charge in [0.25, 0.3) is 0 Å². The number of aliphatic imine (C=N–C) groups is 1. The van der Waals surface area contributed by atoms with Gasteiger partial charge < -0.3 is 20.7 Å². The number of methoxy groups -OCH3 is 1. The second-order valence-corrected chi connectivity index (χ2v) is 4.73. The summed E-state index contributed by atoms with van der Waals surface area (Å²) in [6, 6.07) is 9.81. The molecule has 0 saturated heterocycles. The Bertz CT molecular complexity index is 455. The molecule has 1 aromatic rings. The van der Waals surface area contributed by atoms with Crippen LogP contribution in [0.4, 0.5) is 0 Å². The minimum absolute atomic E-state index is 0. The van der Waals surface area contributed by atoms with Crippen LogP contribution in [0.2, 0.25) is 0 Å². The van der Waals surface area contributed by atoms with E-state index in [-0.39, 0.29) is 36.4 Å². The van der Waals surface area contributed by atoms with Crippen LogP contribution >= 0.6 is 24.0 Å². The number of halogens is 1. The highest BCUT2D eigenvalue weighted by Crippen LogP contribution is 1.96. The molecular formula is C16H27IN4O2. The van der Waals surface area contributed by atoms with Crippen molar-refractivity contribution in [3.63, 3.8) is 0 Å². The molecule has 0 aliphatic heterocycles. The molecule has 0 aromatic heterocycles. The Balaban J connectivity index is 0.00000484.